The molecular formula is C14H20FN3O2. The van der Waals surface area contributed by atoms with Crippen LogP contribution in [-0.4, -0.2) is 67.1 Å². The van der Waals surface area contributed by atoms with Crippen molar-refractivity contribution in [1.29, 1.82) is 0 Å². The summed E-state index contributed by atoms with van der Waals surface area (Å²) in [5.74, 6) is -1.08. The van der Waals surface area contributed by atoms with Gasteiger partial charge in [-0.1, -0.05) is 0 Å². The van der Waals surface area contributed by atoms with Gasteiger partial charge in [-0.3, -0.25) is 9.69 Å². The number of piperazine rings is 1. The Morgan fingerprint density at radius 2 is 2.15 bits per heavy atom. The van der Waals surface area contributed by atoms with Gasteiger partial charge in [-0.15, -0.1) is 0 Å². The van der Waals surface area contributed by atoms with Gasteiger partial charge >= 0.3 is 0 Å². The third kappa shape index (κ3) is 3.68. The van der Waals surface area contributed by atoms with Crippen molar-refractivity contribution in [2.45, 2.75) is 0 Å². The highest BCUT2D eigenvalue weighted by Crippen LogP contribution is 2.19. The molecule has 1 aromatic rings. The summed E-state index contributed by atoms with van der Waals surface area (Å²) >= 11 is 0. The van der Waals surface area contributed by atoms with Gasteiger partial charge in [0.2, 0.25) is 0 Å². The van der Waals surface area contributed by atoms with Crippen LogP contribution in [0.5, 0.6) is 5.75 Å². The fourth-order valence-corrected chi connectivity index (χ4v) is 2.21. The zero-order chi connectivity index (χ0) is 14.5. The van der Waals surface area contributed by atoms with E-state index in [0.29, 0.717) is 6.54 Å². The number of benzene rings is 1. The van der Waals surface area contributed by atoms with Gasteiger partial charge < -0.3 is 15.3 Å². The fourth-order valence-electron chi connectivity index (χ4n) is 2.21. The molecule has 0 saturated carbocycles. The number of carbonyl (C=O) groups excluding carboxylic acids is 1. The zero-order valence-electron chi connectivity index (χ0n) is 11.6. The summed E-state index contributed by atoms with van der Waals surface area (Å²) in [6.07, 6.45) is 0. The molecule has 0 aliphatic carbocycles. The lowest BCUT2D eigenvalue weighted by Gasteiger charge is -2.29. The molecule has 1 saturated heterocycles. The summed E-state index contributed by atoms with van der Waals surface area (Å²) in [6.45, 7) is 5.18. The topological polar surface area (TPSA) is 55.8 Å². The van der Waals surface area contributed by atoms with Crippen molar-refractivity contribution in [3.8, 4) is 5.75 Å². The summed E-state index contributed by atoms with van der Waals surface area (Å²) in [5, 5.41) is 12.9. The Balaban J connectivity index is 1.92. The van der Waals surface area contributed by atoms with Crippen molar-refractivity contribution in [2.24, 2.45) is 0 Å². The van der Waals surface area contributed by atoms with Gasteiger partial charge in [0.25, 0.3) is 5.91 Å². The van der Waals surface area contributed by atoms with Crippen LogP contribution in [0.25, 0.3) is 0 Å². The van der Waals surface area contributed by atoms with Crippen LogP contribution in [0.2, 0.25) is 0 Å². The number of halogens is 1. The lowest BCUT2D eigenvalue weighted by Crippen LogP contribution is -2.46. The average molecular weight is 281 g/mol. The number of hydrogen-bond acceptors (Lipinski definition) is 4. The molecule has 20 heavy (non-hydrogen) atoms. The highest BCUT2D eigenvalue weighted by molar-refractivity contribution is 5.96. The number of amides is 1. The van der Waals surface area contributed by atoms with Gasteiger partial charge in [0.15, 0.2) is 0 Å². The smallest absolute Gasteiger partial charge is 0.257 e. The first kappa shape index (κ1) is 14.7. The van der Waals surface area contributed by atoms with Gasteiger partial charge in [-0.2, -0.15) is 0 Å². The molecule has 1 aliphatic heterocycles. The van der Waals surface area contributed by atoms with Crippen LogP contribution in [0, 0.1) is 5.82 Å². The third-order valence-corrected chi connectivity index (χ3v) is 3.50. The van der Waals surface area contributed by atoms with Crippen LogP contribution in [0.4, 0.5) is 4.39 Å². The number of aromatic hydroxyl groups is 1. The molecule has 1 aliphatic rings. The Bertz CT molecular complexity index is 475. The molecule has 1 heterocycles. The zero-order valence-corrected chi connectivity index (χ0v) is 11.6. The normalized spacial score (nSPS) is 16.1. The molecule has 0 radical (unpaired) electrons. The Morgan fingerprint density at radius 3 is 2.85 bits per heavy atom. The molecular weight excluding hydrogens is 261 g/mol. The van der Waals surface area contributed by atoms with E-state index in [1.807, 2.05) is 0 Å². The summed E-state index contributed by atoms with van der Waals surface area (Å²) in [6, 6.07) is 3.40. The first-order valence-corrected chi connectivity index (χ1v) is 6.75. The van der Waals surface area contributed by atoms with Gasteiger partial charge in [-0.05, 0) is 18.2 Å². The van der Waals surface area contributed by atoms with Crippen molar-refractivity contribution >= 4 is 5.91 Å². The number of nitrogens with zero attached hydrogens (tertiary/aromatic N) is 2. The molecule has 0 aromatic heterocycles. The minimum atomic E-state index is -0.526. The Morgan fingerprint density at radius 1 is 1.45 bits per heavy atom. The molecule has 5 nitrogen and oxygen atoms in total. The van der Waals surface area contributed by atoms with Crippen LogP contribution in [0.1, 0.15) is 10.4 Å². The largest absolute Gasteiger partial charge is 0.507 e. The molecule has 0 bridgehead atoms. The number of hydrogen-bond donors (Lipinski definition) is 2. The quantitative estimate of drug-likeness (QED) is 0.844. The third-order valence-electron chi connectivity index (χ3n) is 3.50. The van der Waals surface area contributed by atoms with Crippen LogP contribution in [0.15, 0.2) is 18.2 Å². The van der Waals surface area contributed by atoms with E-state index in [0.717, 1.165) is 44.9 Å². The molecule has 1 fully saturated rings. The number of likely N-dealkylation sites (N-methyl/N-ethyl adjacent to an activating group) is 1. The molecule has 2 rings (SSSR count). The van der Waals surface area contributed by atoms with E-state index in [4.69, 9.17) is 0 Å². The minimum Gasteiger partial charge on any atom is -0.507 e. The Kier molecular flexibility index (Phi) is 4.92. The number of phenolic OH excluding ortho intramolecular Hbond substituents is 1. The summed E-state index contributed by atoms with van der Waals surface area (Å²) in [5.41, 5.74) is 0.00723. The van der Waals surface area contributed by atoms with Crippen molar-refractivity contribution in [2.75, 3.05) is 46.3 Å². The SMILES string of the molecule is CN(CCN1CCNCC1)C(=O)c1cc(F)ccc1O. The second kappa shape index (κ2) is 6.67. The minimum absolute atomic E-state index is 0.00723. The predicted molar refractivity (Wildman–Crippen MR) is 74.3 cm³/mol. The van der Waals surface area contributed by atoms with Crippen molar-refractivity contribution < 1.29 is 14.3 Å². The van der Waals surface area contributed by atoms with Crippen LogP contribution in [-0.2, 0) is 0 Å². The van der Waals surface area contributed by atoms with E-state index in [2.05, 4.69) is 10.2 Å². The van der Waals surface area contributed by atoms with Gasteiger partial charge in [-0.25, -0.2) is 4.39 Å². The molecule has 0 unspecified atom stereocenters. The fraction of sp³-hybridized carbons (Fsp3) is 0.500. The van der Waals surface area contributed by atoms with E-state index in [9.17, 15) is 14.3 Å². The van der Waals surface area contributed by atoms with Gasteiger partial charge in [0.1, 0.15) is 11.6 Å². The Hall–Kier alpha value is -1.66. The maximum absolute atomic E-state index is 13.2. The van der Waals surface area contributed by atoms with E-state index < -0.39 is 5.82 Å². The van der Waals surface area contributed by atoms with Gasteiger partial charge in [0, 0.05) is 46.3 Å². The van der Waals surface area contributed by atoms with Crippen molar-refractivity contribution in [3.63, 3.8) is 0 Å². The molecule has 1 amide bonds. The second-order valence-corrected chi connectivity index (χ2v) is 4.98. The van der Waals surface area contributed by atoms with Crippen LogP contribution in [0.3, 0.4) is 0 Å². The summed E-state index contributed by atoms with van der Waals surface area (Å²) < 4.78 is 13.2. The molecule has 1 aromatic carbocycles. The first-order valence-electron chi connectivity index (χ1n) is 6.75. The first-order chi connectivity index (χ1) is 9.58. The number of rotatable bonds is 4. The Labute approximate surface area is 118 Å². The lowest BCUT2D eigenvalue weighted by molar-refractivity contribution is 0.0771. The summed E-state index contributed by atoms with van der Waals surface area (Å²) in [7, 11) is 1.66. The predicted octanol–water partition coefficient (Wildman–Crippen LogP) is 0.508. The van der Waals surface area contributed by atoms with Crippen LogP contribution < -0.4 is 5.32 Å². The van der Waals surface area contributed by atoms with Crippen molar-refractivity contribution in [3.05, 3.63) is 29.6 Å². The highest BCUT2D eigenvalue weighted by atomic mass is 19.1. The van der Waals surface area contributed by atoms with Gasteiger partial charge in [0.05, 0.1) is 5.56 Å². The lowest BCUT2D eigenvalue weighted by atomic mass is 10.1. The highest BCUT2D eigenvalue weighted by Gasteiger charge is 2.18. The molecule has 0 atom stereocenters. The number of carbonyl (C=O) groups is 1. The monoisotopic (exact) mass is 281 g/mol. The van der Waals surface area contributed by atoms with E-state index in [-0.39, 0.29) is 17.2 Å². The second-order valence-electron chi connectivity index (χ2n) is 4.98. The van der Waals surface area contributed by atoms with Crippen molar-refractivity contribution in [1.82, 2.24) is 15.1 Å². The van der Waals surface area contributed by atoms with E-state index in [1.54, 1.807) is 7.05 Å². The van der Waals surface area contributed by atoms with Crippen LogP contribution >= 0.6 is 0 Å². The van der Waals surface area contributed by atoms with E-state index >= 15 is 0 Å². The number of phenols is 1. The molecule has 110 valence electrons. The summed E-state index contributed by atoms with van der Waals surface area (Å²) in [4.78, 5) is 15.9. The molecule has 2 N–H and O–H groups in total. The van der Waals surface area contributed by atoms with E-state index in [1.165, 1.54) is 11.0 Å². The molecule has 6 heteroatoms. The maximum Gasteiger partial charge on any atom is 0.257 e. The number of nitrogens with one attached hydrogen (secondary N) is 1. The maximum atomic E-state index is 13.2. The average Bonchev–Trinajstić information content (AvgIpc) is 2.47. The molecule has 0 spiro atoms. The standard InChI is InChI=1S/C14H20FN3O2/c1-17(8-9-18-6-4-16-5-7-18)14(20)12-10-11(15)2-3-13(12)19/h2-3,10,16,19H,4-9H2,1H3.